The summed E-state index contributed by atoms with van der Waals surface area (Å²) in [7, 11) is 0. The van der Waals surface area contributed by atoms with Crippen molar-refractivity contribution in [3.05, 3.63) is 222 Å². The van der Waals surface area contributed by atoms with Crippen LogP contribution >= 0.6 is 22.7 Å². The van der Waals surface area contributed by atoms with Crippen LogP contribution in [0.1, 0.15) is 194 Å². The summed E-state index contributed by atoms with van der Waals surface area (Å²) >= 11 is 2.56. The van der Waals surface area contributed by atoms with Crippen LogP contribution < -0.4 is 24.4 Å². The molecule has 716 valence electrons. The van der Waals surface area contributed by atoms with Crippen molar-refractivity contribution in [2.75, 3.05) is 39.6 Å². The summed E-state index contributed by atoms with van der Waals surface area (Å²) in [4.78, 5) is 231. The maximum absolute atomic E-state index is 14.4. The lowest BCUT2D eigenvalue weighted by molar-refractivity contribution is -0.263. The van der Waals surface area contributed by atoms with Crippen molar-refractivity contribution in [3.63, 3.8) is 0 Å². The van der Waals surface area contributed by atoms with Gasteiger partial charge in [0.25, 0.3) is 40.7 Å². The largest absolute Gasteiger partial charge is 0.480 e. The van der Waals surface area contributed by atoms with Crippen LogP contribution in [0.2, 0.25) is 0 Å². The molecule has 0 bridgehead atoms. The molecule has 6 amide bonds. The van der Waals surface area contributed by atoms with Gasteiger partial charge < -0.3 is 66.9 Å². The smallest absolute Gasteiger partial charge is 0.375 e. The van der Waals surface area contributed by atoms with Gasteiger partial charge in [-0.2, -0.15) is 5.06 Å². The number of aryl methyl sites for hydroxylation is 2. The highest BCUT2D eigenvalue weighted by atomic mass is 32.1. The molecule has 41 heteroatoms. The molecule has 0 saturated carbocycles. The predicted molar refractivity (Wildman–Crippen MR) is 475 cm³/mol. The van der Waals surface area contributed by atoms with Crippen molar-refractivity contribution in [2.45, 2.75) is 186 Å². The molecule has 8 aromatic rings. The summed E-state index contributed by atoms with van der Waals surface area (Å²) in [6, 6.07) is 38.2. The van der Waals surface area contributed by atoms with Crippen molar-refractivity contribution in [1.82, 2.24) is 30.3 Å². The molecule has 9 aliphatic rings. The molecule has 5 atom stereocenters. The minimum absolute atomic E-state index is 0.0398. The Kier molecular flexibility index (Phi) is 26.5. The number of ether oxygens (including phenoxy) is 11. The number of hydrogen-bond acceptors (Lipinski definition) is 36. The number of nitrogens with zero attached hydrogens (tertiary/aromatic N) is 7. The first-order valence-corrected chi connectivity index (χ1v) is 44.9. The number of hydroxylamine groups is 3. The molecule has 2 N–H and O–H groups in total. The van der Waals surface area contributed by atoms with Crippen LogP contribution in [-0.2, 0) is 117 Å². The number of carboxylic acids is 1. The number of thiazole rings is 2. The first kappa shape index (κ1) is 97.2. The quantitative estimate of drug-likeness (QED) is 0.0127. The Morgan fingerprint density at radius 1 is 0.489 bits per heavy atom. The first-order valence-electron chi connectivity index (χ1n) is 43.1. The summed E-state index contributed by atoms with van der Waals surface area (Å²) in [6.07, 6.45) is -2.42. The van der Waals surface area contributed by atoms with Gasteiger partial charge in [0.2, 0.25) is 11.7 Å². The second-order valence-corrected chi connectivity index (χ2v) is 39.2. The van der Waals surface area contributed by atoms with Crippen molar-refractivity contribution < 1.29 is 148 Å². The van der Waals surface area contributed by atoms with E-state index in [0.717, 1.165) is 5.01 Å². The molecule has 2 aromatic heterocycles. The molecule has 5 saturated heterocycles. The second-order valence-electron chi connectivity index (χ2n) is 37.1. The van der Waals surface area contributed by atoms with E-state index in [2.05, 4.69) is 25.8 Å². The average molecular weight is 1920 g/mol. The number of carboxylic acid groups (broad SMARTS) is 1. The third-order valence-electron chi connectivity index (χ3n) is 22.0. The molecular weight excluding hydrogens is 1830 g/mol. The zero-order chi connectivity index (χ0) is 98.6. The number of hydrogen-bond donors (Lipinski definition) is 2. The van der Waals surface area contributed by atoms with E-state index in [1.165, 1.54) is 46.9 Å². The Labute approximate surface area is 790 Å². The summed E-state index contributed by atoms with van der Waals surface area (Å²) in [5, 5.41) is 22.9. The van der Waals surface area contributed by atoms with Gasteiger partial charge in [-0.15, -0.1) is 22.7 Å². The maximum atomic E-state index is 14.4. The summed E-state index contributed by atoms with van der Waals surface area (Å²) < 4.78 is 63.4. The van der Waals surface area contributed by atoms with Crippen molar-refractivity contribution in [2.24, 2.45) is 22.1 Å². The van der Waals surface area contributed by atoms with Crippen LogP contribution in [-0.4, -0.2) is 221 Å². The number of ketones is 3. The molecule has 1 unspecified atom stereocenters. The Hall–Kier alpha value is -14.4. The number of carbonyl (C=O) groups is 15. The number of benzene rings is 6. The number of rotatable bonds is 26. The van der Waals surface area contributed by atoms with Crippen LogP contribution in [0.4, 0.5) is 0 Å². The lowest BCUT2D eigenvalue weighted by Crippen LogP contribution is -2.59. The van der Waals surface area contributed by atoms with Crippen molar-refractivity contribution in [1.29, 1.82) is 0 Å². The summed E-state index contributed by atoms with van der Waals surface area (Å²) in [5.74, 6) is -18.2. The van der Waals surface area contributed by atoms with E-state index in [-0.39, 0.29) is 108 Å². The van der Waals surface area contributed by atoms with Crippen molar-refractivity contribution in [3.8, 4) is 23.0 Å². The molecule has 17 rings (SSSR count). The molecule has 39 nitrogen and oxygen atoms in total. The predicted octanol–water partition coefficient (Wildman–Crippen LogP) is 9.58. The lowest BCUT2D eigenvalue weighted by Gasteiger charge is -2.37. The SMILES string of the molecule is CC(C)(C)OC(=O)C(=O)C[C@@H](C(=O)O)N1C(=O)c2cc3c(cc2C1=O)OC(c1ccccc1)(c1ccccc1)O3.Cc1nc(/C(=N/OC2(C(=O)OC(C)(C)C)COC2)C(=O)C[C@H]2CON(C3(C(=O)OC(C)(C)C)C[C@H](N4C(=O)c5cc6c(cc5C4=O)OC(c4ccccc4)(c4ccccc4)O6)C(=O)O3)C2=O)cs1.Cc1nc(/C(=N/OC2(C(=O)OC(C)(C)C)COC2)C(=O)C[C@H]2CONC2=O)cs1. The Balaban J connectivity index is 0.000000174. The molecule has 0 aliphatic carbocycles. The Bertz CT molecular complexity index is 6110. The lowest BCUT2D eigenvalue weighted by atomic mass is 9.97. The molecular formula is C96H94N8O31S2. The maximum Gasteiger partial charge on any atom is 0.375 e. The highest BCUT2D eigenvalue weighted by Crippen LogP contribution is 2.53. The van der Waals surface area contributed by atoms with Crippen LogP contribution in [0, 0.1) is 25.7 Å². The number of oxime groups is 2. The topological polar surface area (TPSA) is 487 Å². The highest BCUT2D eigenvalue weighted by Gasteiger charge is 2.67. The van der Waals surface area contributed by atoms with Crippen LogP contribution in [0.5, 0.6) is 23.0 Å². The number of esters is 5. The number of fused-ring (bicyclic) bond motifs is 4. The van der Waals surface area contributed by atoms with E-state index in [0.29, 0.717) is 47.8 Å². The molecule has 5 fully saturated rings. The first-order chi connectivity index (χ1) is 64.6. The van der Waals surface area contributed by atoms with E-state index >= 15 is 0 Å². The molecule has 0 radical (unpaired) electrons. The highest BCUT2D eigenvalue weighted by molar-refractivity contribution is 7.10. The number of Topliss-reactive ketones (excluding diaryl/α,β-unsaturated/α-hetero) is 3. The standard InChI is InChI=1S/C48H46N4O15S.C30H25NO9.C18H23N3O7S/c1-26-49-32(23-68-26)37(50-67-46(24-60-25-46)42(58)65-44(2,3)4)34(53)18-27-22-61-52(38(27)54)47(43(59)66-45(5,6)7)21-33(41(57)64-47)51-39(55)30-19-35-36(20-31(30)40(51)56)63-48(62-35,28-14-10-8-11-15-28)29-16-12-9-13-17-29;1-29(2,3)40-28(37)22(32)16-21(27(35)36)31-25(33)19-14-23-24(15-20(19)26(31)34)39-30(38-23,17-10-6-4-7-11-17)18-12-8-5-9-13-18;1-10-19-12(7-29-10)14(13(22)5-11-6-26-21-15(11)23)20-28-18(8-25-9-18)16(24)27-17(2,3)4/h8-17,19-20,23,27,33H,18,21-22,24-25H2,1-7H3;4-15,21H,16H2,1-3H3,(H,35,36);7,11H,5-6,8-9H2,1-4H3,(H,21,23)/b50-37-;;20-14-/t27-,33-,47?;21-;11-/m000/s1. The van der Waals surface area contributed by atoms with Gasteiger partial charge in [0.1, 0.15) is 72.3 Å². The fourth-order valence-corrected chi connectivity index (χ4v) is 16.6. The molecule has 6 aromatic carbocycles. The zero-order valence-electron chi connectivity index (χ0n) is 76.5. The number of imide groups is 2. The molecule has 0 spiro atoms. The van der Waals surface area contributed by atoms with Gasteiger partial charge in [-0.25, -0.2) is 44.2 Å². The molecule has 9 aliphatic heterocycles. The minimum Gasteiger partial charge on any atom is -0.480 e. The van der Waals surface area contributed by atoms with E-state index in [1.807, 2.05) is 121 Å². The van der Waals surface area contributed by atoms with Crippen LogP contribution in [0.25, 0.3) is 0 Å². The number of aliphatic carboxylic acids is 1. The second kappa shape index (κ2) is 37.4. The number of aromatic nitrogens is 2. The Morgan fingerprint density at radius 3 is 1.20 bits per heavy atom. The van der Waals surface area contributed by atoms with Gasteiger partial charge in [0.15, 0.2) is 46.0 Å². The average Bonchev–Trinajstić information content (AvgIpc) is 1.58. The fraction of sp³-hybridized carbons (Fsp3) is 0.385. The fourth-order valence-electron chi connectivity index (χ4n) is 15.4. The van der Waals surface area contributed by atoms with Crippen LogP contribution in [0.15, 0.2) is 167 Å². The van der Waals surface area contributed by atoms with E-state index in [9.17, 15) is 77.0 Å². The third-order valence-corrected chi connectivity index (χ3v) is 23.5. The van der Waals surface area contributed by atoms with Gasteiger partial charge in [-0.1, -0.05) is 132 Å². The number of amides is 6. The van der Waals surface area contributed by atoms with Crippen molar-refractivity contribution >= 4 is 123 Å². The number of cyclic esters (lactones) is 1. The third kappa shape index (κ3) is 19.8. The summed E-state index contributed by atoms with van der Waals surface area (Å²) in [6.45, 7) is 22.2. The van der Waals surface area contributed by atoms with Gasteiger partial charge in [-0.3, -0.25) is 62.6 Å². The number of nitrogens with one attached hydrogen (secondary N) is 1. The van der Waals surface area contributed by atoms with E-state index < -0.39 is 183 Å². The zero-order valence-corrected chi connectivity index (χ0v) is 78.2. The molecule has 137 heavy (non-hydrogen) atoms. The van der Waals surface area contributed by atoms with Crippen LogP contribution in [0.3, 0.4) is 0 Å². The normalized spacial score (nSPS) is 20.4. The number of carbonyl (C=O) groups excluding carboxylic acids is 14. The van der Waals surface area contributed by atoms with E-state index in [4.69, 9.17) is 71.5 Å². The van der Waals surface area contributed by atoms with Gasteiger partial charge >= 0.3 is 53.1 Å². The monoisotopic (exact) mass is 1920 g/mol. The van der Waals surface area contributed by atoms with Gasteiger partial charge in [0.05, 0.1) is 63.7 Å². The minimum atomic E-state index is -2.66. The summed E-state index contributed by atoms with van der Waals surface area (Å²) in [5.41, 5.74) is -5.05. The Morgan fingerprint density at radius 2 is 0.861 bits per heavy atom. The van der Waals surface area contributed by atoms with E-state index in [1.54, 1.807) is 108 Å². The van der Waals surface area contributed by atoms with Gasteiger partial charge in [0, 0.05) is 52.3 Å². The molecule has 11 heterocycles. The van der Waals surface area contributed by atoms with Gasteiger partial charge in [-0.05, 0) is 121 Å².